The third-order valence-corrected chi connectivity index (χ3v) is 3.68. The average molecular weight is 318 g/mol. The van der Waals surface area contributed by atoms with Gasteiger partial charge in [-0.2, -0.15) is 0 Å². The Labute approximate surface area is 129 Å². The summed E-state index contributed by atoms with van der Waals surface area (Å²) in [4.78, 5) is 26.9. The Morgan fingerprint density at radius 2 is 2.15 bits per heavy atom. The molecule has 0 radical (unpaired) electrons. The van der Waals surface area contributed by atoms with Gasteiger partial charge in [0.05, 0.1) is 17.3 Å². The predicted molar refractivity (Wildman–Crippen MR) is 81.3 cm³/mol. The Hall–Kier alpha value is -1.30. The van der Waals surface area contributed by atoms with Crippen molar-refractivity contribution >= 4 is 41.5 Å². The fourth-order valence-corrected chi connectivity index (χ4v) is 2.49. The van der Waals surface area contributed by atoms with Crippen LogP contribution in [0, 0.1) is 0 Å². The van der Waals surface area contributed by atoms with Crippen LogP contribution in [-0.4, -0.2) is 42.9 Å². The molecular formula is C13H17Cl2N3O2. The Kier molecular flexibility index (Phi) is 5.80. The van der Waals surface area contributed by atoms with E-state index in [1.165, 1.54) is 4.90 Å². The lowest BCUT2D eigenvalue weighted by Crippen LogP contribution is -2.45. The molecule has 1 aromatic carbocycles. The molecule has 0 aliphatic carbocycles. The summed E-state index contributed by atoms with van der Waals surface area (Å²) in [7, 11) is 1.61. The van der Waals surface area contributed by atoms with Crippen LogP contribution in [0.15, 0.2) is 24.3 Å². The fourth-order valence-electron chi connectivity index (χ4n) is 2.25. The molecule has 5 nitrogen and oxygen atoms in total. The molecule has 2 N–H and O–H groups in total. The van der Waals surface area contributed by atoms with Crippen molar-refractivity contribution in [1.29, 1.82) is 0 Å². The second-order valence-electron chi connectivity index (χ2n) is 4.45. The van der Waals surface area contributed by atoms with Gasteiger partial charge in [0.15, 0.2) is 0 Å². The van der Waals surface area contributed by atoms with E-state index in [2.05, 4.69) is 0 Å². The summed E-state index contributed by atoms with van der Waals surface area (Å²) in [6.45, 7) is 0.460. The maximum atomic E-state index is 12.4. The minimum atomic E-state index is -0.452. The fraction of sp³-hybridized carbons (Fsp3) is 0.385. The van der Waals surface area contributed by atoms with Gasteiger partial charge < -0.3 is 15.5 Å². The van der Waals surface area contributed by atoms with Crippen molar-refractivity contribution in [3.63, 3.8) is 0 Å². The average Bonchev–Trinajstić information content (AvgIpc) is 2.79. The van der Waals surface area contributed by atoms with E-state index in [1.54, 1.807) is 24.1 Å². The minimum absolute atomic E-state index is 0. The van der Waals surface area contributed by atoms with E-state index in [0.29, 0.717) is 23.7 Å². The number of para-hydroxylation sites is 1. The minimum Gasteiger partial charge on any atom is -0.333 e. The molecule has 2 amide bonds. The van der Waals surface area contributed by atoms with Crippen molar-refractivity contribution in [2.45, 2.75) is 12.5 Å². The quantitative estimate of drug-likeness (QED) is 0.913. The van der Waals surface area contributed by atoms with Gasteiger partial charge in [-0.25, -0.2) is 0 Å². The molecule has 7 heteroatoms. The molecule has 1 aromatic rings. The number of hydrogen-bond donors (Lipinski definition) is 1. The van der Waals surface area contributed by atoms with Gasteiger partial charge in [-0.3, -0.25) is 9.59 Å². The lowest BCUT2D eigenvalue weighted by atomic mass is 10.2. The number of nitrogens with zero attached hydrogens (tertiary/aromatic N) is 2. The van der Waals surface area contributed by atoms with E-state index in [1.807, 2.05) is 12.1 Å². The van der Waals surface area contributed by atoms with Gasteiger partial charge in [0.25, 0.3) is 0 Å². The number of benzene rings is 1. The Morgan fingerprint density at radius 3 is 2.75 bits per heavy atom. The zero-order valence-electron chi connectivity index (χ0n) is 11.1. The number of anilines is 1. The van der Waals surface area contributed by atoms with Crippen LogP contribution >= 0.6 is 24.0 Å². The Balaban J connectivity index is 0.00000200. The van der Waals surface area contributed by atoms with Gasteiger partial charge in [0, 0.05) is 13.6 Å². The SMILES string of the molecule is CN(C(=O)CN)C1CCN(c2ccccc2Cl)C1=O.Cl. The zero-order chi connectivity index (χ0) is 14.0. The van der Waals surface area contributed by atoms with Crippen molar-refractivity contribution in [1.82, 2.24) is 4.90 Å². The van der Waals surface area contributed by atoms with E-state index in [-0.39, 0.29) is 30.8 Å². The number of hydrogen-bond acceptors (Lipinski definition) is 3. The first-order valence-corrected chi connectivity index (χ1v) is 6.45. The van der Waals surface area contributed by atoms with Crippen molar-refractivity contribution in [3.05, 3.63) is 29.3 Å². The molecular weight excluding hydrogens is 301 g/mol. The van der Waals surface area contributed by atoms with E-state index < -0.39 is 6.04 Å². The molecule has 2 rings (SSSR count). The highest BCUT2D eigenvalue weighted by molar-refractivity contribution is 6.34. The number of rotatable bonds is 3. The van der Waals surface area contributed by atoms with Crippen molar-refractivity contribution in [3.8, 4) is 0 Å². The van der Waals surface area contributed by atoms with Gasteiger partial charge in [-0.05, 0) is 18.6 Å². The number of carbonyl (C=O) groups is 2. The summed E-state index contributed by atoms with van der Waals surface area (Å²) in [5.41, 5.74) is 6.00. The van der Waals surface area contributed by atoms with Crippen LogP contribution in [-0.2, 0) is 9.59 Å². The number of nitrogens with two attached hydrogens (primary N) is 1. The standard InChI is InChI=1S/C13H16ClN3O2.ClH/c1-16(12(18)8-15)11-6-7-17(13(11)19)10-5-3-2-4-9(10)14;/h2-5,11H,6-8,15H2,1H3;1H. The summed E-state index contributed by atoms with van der Waals surface area (Å²) in [6, 6.07) is 6.73. The Bertz CT molecular complexity index is 510. The van der Waals surface area contributed by atoms with Gasteiger partial charge in [-0.1, -0.05) is 23.7 Å². The number of likely N-dealkylation sites (N-methyl/N-ethyl adjacent to an activating group) is 1. The summed E-state index contributed by atoms with van der Waals surface area (Å²) in [5.74, 6) is -0.350. The topological polar surface area (TPSA) is 66.6 Å². The first-order valence-electron chi connectivity index (χ1n) is 6.08. The van der Waals surface area contributed by atoms with Crippen LogP contribution in [0.2, 0.25) is 5.02 Å². The second-order valence-corrected chi connectivity index (χ2v) is 4.86. The molecule has 1 unspecified atom stereocenters. The molecule has 1 heterocycles. The first-order chi connectivity index (χ1) is 9.06. The third-order valence-electron chi connectivity index (χ3n) is 3.36. The van der Waals surface area contributed by atoms with Crippen LogP contribution in [0.3, 0.4) is 0 Å². The first kappa shape index (κ1) is 16.8. The maximum Gasteiger partial charge on any atom is 0.249 e. The van der Waals surface area contributed by atoms with Gasteiger partial charge in [0.1, 0.15) is 6.04 Å². The smallest absolute Gasteiger partial charge is 0.249 e. The van der Waals surface area contributed by atoms with Crippen LogP contribution < -0.4 is 10.6 Å². The molecule has 0 bridgehead atoms. The lowest BCUT2D eigenvalue weighted by molar-refractivity contribution is -0.135. The molecule has 1 saturated heterocycles. The summed E-state index contributed by atoms with van der Waals surface area (Å²) in [5, 5.41) is 0.532. The molecule has 1 fully saturated rings. The molecule has 110 valence electrons. The molecule has 0 saturated carbocycles. The van der Waals surface area contributed by atoms with Crippen LogP contribution in [0.25, 0.3) is 0 Å². The highest BCUT2D eigenvalue weighted by Crippen LogP contribution is 2.30. The molecule has 1 aliphatic heterocycles. The van der Waals surface area contributed by atoms with Crippen LogP contribution in [0.5, 0.6) is 0 Å². The highest BCUT2D eigenvalue weighted by Gasteiger charge is 2.37. The molecule has 0 spiro atoms. The van der Waals surface area contributed by atoms with Crippen molar-refractivity contribution in [2.24, 2.45) is 5.73 Å². The van der Waals surface area contributed by atoms with Crippen LogP contribution in [0.1, 0.15) is 6.42 Å². The van der Waals surface area contributed by atoms with Gasteiger partial charge in [0.2, 0.25) is 11.8 Å². The van der Waals surface area contributed by atoms with Crippen molar-refractivity contribution in [2.75, 3.05) is 25.0 Å². The maximum absolute atomic E-state index is 12.4. The lowest BCUT2D eigenvalue weighted by Gasteiger charge is -2.23. The second kappa shape index (κ2) is 6.92. The molecule has 20 heavy (non-hydrogen) atoms. The van der Waals surface area contributed by atoms with E-state index in [9.17, 15) is 9.59 Å². The van der Waals surface area contributed by atoms with E-state index in [0.717, 1.165) is 0 Å². The summed E-state index contributed by atoms with van der Waals surface area (Å²) >= 11 is 6.09. The van der Waals surface area contributed by atoms with E-state index >= 15 is 0 Å². The molecule has 0 aromatic heterocycles. The van der Waals surface area contributed by atoms with Gasteiger partial charge in [-0.15, -0.1) is 12.4 Å². The number of halogens is 2. The third kappa shape index (κ3) is 3.06. The van der Waals surface area contributed by atoms with E-state index in [4.69, 9.17) is 17.3 Å². The number of carbonyl (C=O) groups excluding carboxylic acids is 2. The summed E-state index contributed by atoms with van der Waals surface area (Å²) in [6.07, 6.45) is 0.590. The Morgan fingerprint density at radius 1 is 1.50 bits per heavy atom. The van der Waals surface area contributed by atoms with Crippen LogP contribution in [0.4, 0.5) is 5.69 Å². The summed E-state index contributed by atoms with van der Waals surface area (Å²) < 4.78 is 0. The highest BCUT2D eigenvalue weighted by atomic mass is 35.5. The van der Waals surface area contributed by atoms with Gasteiger partial charge >= 0.3 is 0 Å². The largest absolute Gasteiger partial charge is 0.333 e. The molecule has 1 aliphatic rings. The normalized spacial score (nSPS) is 17.9. The monoisotopic (exact) mass is 317 g/mol. The number of amides is 2. The van der Waals surface area contributed by atoms with Crippen molar-refractivity contribution < 1.29 is 9.59 Å². The molecule has 1 atom stereocenters. The predicted octanol–water partition coefficient (Wildman–Crippen LogP) is 1.28. The zero-order valence-corrected chi connectivity index (χ0v) is 12.7.